The first-order valence-electron chi connectivity index (χ1n) is 10.4. The van der Waals surface area contributed by atoms with Gasteiger partial charge in [0.2, 0.25) is 0 Å². The second-order valence-electron chi connectivity index (χ2n) is 7.43. The number of aromatic nitrogens is 2. The zero-order chi connectivity index (χ0) is 21.4. The lowest BCUT2D eigenvalue weighted by molar-refractivity contribution is 0.0522. The highest BCUT2D eigenvalue weighted by Crippen LogP contribution is 2.37. The van der Waals surface area contributed by atoms with E-state index in [0.29, 0.717) is 29.9 Å². The van der Waals surface area contributed by atoms with Crippen LogP contribution < -0.4 is 4.90 Å². The van der Waals surface area contributed by atoms with Crippen molar-refractivity contribution in [2.24, 2.45) is 0 Å². The van der Waals surface area contributed by atoms with Gasteiger partial charge in [0.1, 0.15) is 5.82 Å². The zero-order valence-corrected chi connectivity index (χ0v) is 17.2. The second-order valence-corrected chi connectivity index (χ2v) is 7.43. The van der Waals surface area contributed by atoms with Crippen LogP contribution in [0.3, 0.4) is 0 Å². The van der Waals surface area contributed by atoms with Gasteiger partial charge in [-0.15, -0.1) is 0 Å². The molecule has 4 aromatic rings. The molecule has 0 bridgehead atoms. The Balaban J connectivity index is 1.75. The van der Waals surface area contributed by atoms with Gasteiger partial charge in [-0.3, -0.25) is 0 Å². The number of benzene rings is 2. The summed E-state index contributed by atoms with van der Waals surface area (Å²) in [7, 11) is 0. The molecule has 0 amide bonds. The number of ether oxygens (including phenoxy) is 2. The molecule has 1 aliphatic heterocycles. The van der Waals surface area contributed by atoms with Gasteiger partial charge in [-0.05, 0) is 25.1 Å². The summed E-state index contributed by atoms with van der Waals surface area (Å²) in [5, 5.41) is 1.66. The van der Waals surface area contributed by atoms with Gasteiger partial charge in [-0.2, -0.15) is 0 Å². The van der Waals surface area contributed by atoms with Crippen molar-refractivity contribution in [1.82, 2.24) is 9.97 Å². The average Bonchev–Trinajstić information content (AvgIpc) is 3.18. The van der Waals surface area contributed by atoms with Gasteiger partial charge in [-0.25, -0.2) is 14.2 Å². The number of halogens is 1. The summed E-state index contributed by atoms with van der Waals surface area (Å²) in [6.07, 6.45) is 1.55. The van der Waals surface area contributed by atoms with E-state index in [1.807, 2.05) is 6.07 Å². The number of H-pyrrole nitrogens is 1. The number of hydrogen-bond donors (Lipinski definition) is 1. The topological polar surface area (TPSA) is 67.5 Å². The minimum absolute atomic E-state index is 0.195. The fourth-order valence-electron chi connectivity index (χ4n) is 4.16. The number of nitrogens with one attached hydrogen (secondary N) is 1. The molecule has 0 saturated carbocycles. The van der Waals surface area contributed by atoms with Crippen molar-refractivity contribution in [1.29, 1.82) is 0 Å². The van der Waals surface area contributed by atoms with Gasteiger partial charge in [-0.1, -0.05) is 24.3 Å². The van der Waals surface area contributed by atoms with E-state index in [-0.39, 0.29) is 18.1 Å². The van der Waals surface area contributed by atoms with E-state index in [9.17, 15) is 9.18 Å². The average molecular weight is 419 g/mol. The number of morpholine rings is 1. The molecule has 0 radical (unpaired) electrons. The fraction of sp³-hybridized carbons (Fsp3) is 0.250. The van der Waals surface area contributed by atoms with Gasteiger partial charge in [0.15, 0.2) is 5.69 Å². The first-order chi connectivity index (χ1) is 15.2. The van der Waals surface area contributed by atoms with E-state index in [2.05, 4.69) is 27.0 Å². The second kappa shape index (κ2) is 8.00. The van der Waals surface area contributed by atoms with Crippen molar-refractivity contribution in [2.75, 3.05) is 37.8 Å². The fourth-order valence-corrected chi connectivity index (χ4v) is 4.16. The van der Waals surface area contributed by atoms with Crippen molar-refractivity contribution >= 4 is 33.5 Å². The molecule has 1 fully saturated rings. The lowest BCUT2D eigenvalue weighted by Gasteiger charge is -2.28. The molecule has 6 nitrogen and oxygen atoms in total. The quantitative estimate of drug-likeness (QED) is 0.492. The highest BCUT2D eigenvalue weighted by atomic mass is 19.1. The van der Waals surface area contributed by atoms with Crippen LogP contribution in [-0.4, -0.2) is 48.8 Å². The summed E-state index contributed by atoms with van der Waals surface area (Å²) in [6, 6.07) is 12.7. The van der Waals surface area contributed by atoms with E-state index in [1.165, 1.54) is 6.07 Å². The number of hydrogen-bond acceptors (Lipinski definition) is 5. The van der Waals surface area contributed by atoms with Crippen LogP contribution in [0.5, 0.6) is 0 Å². The lowest BCUT2D eigenvalue weighted by Crippen LogP contribution is -2.36. The lowest BCUT2D eigenvalue weighted by atomic mass is 10.00. The first-order valence-corrected chi connectivity index (χ1v) is 10.4. The van der Waals surface area contributed by atoms with E-state index >= 15 is 0 Å². The first kappa shape index (κ1) is 19.5. The number of carbonyl (C=O) groups is 1. The van der Waals surface area contributed by atoms with Crippen LogP contribution in [0.1, 0.15) is 17.4 Å². The molecule has 2 aromatic carbocycles. The summed E-state index contributed by atoms with van der Waals surface area (Å²) >= 11 is 0. The highest BCUT2D eigenvalue weighted by molar-refractivity contribution is 6.18. The van der Waals surface area contributed by atoms with Crippen molar-refractivity contribution < 1.29 is 18.7 Å². The van der Waals surface area contributed by atoms with Gasteiger partial charge < -0.3 is 19.4 Å². The third-order valence-electron chi connectivity index (χ3n) is 5.62. The number of esters is 1. The number of nitrogens with zero attached hydrogens (tertiary/aromatic N) is 2. The van der Waals surface area contributed by atoms with Crippen molar-refractivity contribution in [2.45, 2.75) is 6.92 Å². The molecule has 3 heterocycles. The number of fused-ring (bicyclic) bond motifs is 3. The van der Waals surface area contributed by atoms with Crippen molar-refractivity contribution in [3.63, 3.8) is 0 Å². The molecule has 1 aliphatic rings. The summed E-state index contributed by atoms with van der Waals surface area (Å²) in [5.74, 6) is -0.846. The Morgan fingerprint density at radius 3 is 2.77 bits per heavy atom. The van der Waals surface area contributed by atoms with Gasteiger partial charge >= 0.3 is 5.97 Å². The van der Waals surface area contributed by atoms with E-state index in [1.54, 1.807) is 31.3 Å². The predicted octanol–water partition coefficient (Wildman–Crippen LogP) is 4.54. The molecule has 7 heteroatoms. The summed E-state index contributed by atoms with van der Waals surface area (Å²) in [6.45, 7) is 5.03. The Morgan fingerprint density at radius 1 is 1.19 bits per heavy atom. The molecule has 31 heavy (non-hydrogen) atoms. The Morgan fingerprint density at radius 2 is 2.00 bits per heavy atom. The monoisotopic (exact) mass is 419 g/mol. The molecule has 1 saturated heterocycles. The maximum absolute atomic E-state index is 14.6. The molecule has 5 rings (SSSR count). The molecule has 0 atom stereocenters. The number of carbonyl (C=O) groups excluding carboxylic acids is 1. The molecular weight excluding hydrogens is 397 g/mol. The summed E-state index contributed by atoms with van der Waals surface area (Å²) in [5.41, 5.74) is 3.74. The Bertz CT molecular complexity index is 1280. The molecule has 1 N–H and O–H groups in total. The van der Waals surface area contributed by atoms with Crippen LogP contribution in [-0.2, 0) is 9.47 Å². The highest BCUT2D eigenvalue weighted by Gasteiger charge is 2.22. The van der Waals surface area contributed by atoms with Crippen LogP contribution >= 0.6 is 0 Å². The van der Waals surface area contributed by atoms with Crippen LogP contribution in [0, 0.1) is 5.82 Å². The van der Waals surface area contributed by atoms with Crippen LogP contribution in [0.25, 0.3) is 32.9 Å². The predicted molar refractivity (Wildman–Crippen MR) is 118 cm³/mol. The Hall–Kier alpha value is -3.45. The summed E-state index contributed by atoms with van der Waals surface area (Å²) < 4.78 is 25.3. The van der Waals surface area contributed by atoms with Crippen molar-refractivity contribution in [3.05, 3.63) is 60.2 Å². The Labute approximate surface area is 178 Å². The maximum Gasteiger partial charge on any atom is 0.359 e. The number of anilines is 1. The normalized spacial score (nSPS) is 14.3. The zero-order valence-electron chi connectivity index (χ0n) is 17.2. The van der Waals surface area contributed by atoms with Crippen molar-refractivity contribution in [3.8, 4) is 11.1 Å². The van der Waals surface area contributed by atoms with Crippen LogP contribution in [0.15, 0.2) is 48.7 Å². The van der Waals surface area contributed by atoms with Gasteiger partial charge in [0.05, 0.1) is 25.3 Å². The van der Waals surface area contributed by atoms with E-state index in [4.69, 9.17) is 9.47 Å². The van der Waals surface area contributed by atoms with Crippen LogP contribution in [0.2, 0.25) is 0 Å². The maximum atomic E-state index is 14.6. The minimum atomic E-state index is -0.507. The number of aromatic amines is 1. The Kier molecular flexibility index (Phi) is 5.03. The van der Waals surface area contributed by atoms with Crippen LogP contribution in [0.4, 0.5) is 10.1 Å². The third kappa shape index (κ3) is 3.41. The van der Waals surface area contributed by atoms with Gasteiger partial charge in [0, 0.05) is 52.4 Å². The minimum Gasteiger partial charge on any atom is -0.461 e. The SMILES string of the molecule is CCOC(=O)c1ncc(-c2ccccc2F)c2c1[nH]c1cc(N3CCOCC3)ccc12. The third-order valence-corrected chi connectivity index (χ3v) is 5.62. The molecular formula is C24H22FN3O3. The number of rotatable bonds is 4. The molecule has 0 unspecified atom stereocenters. The largest absolute Gasteiger partial charge is 0.461 e. The van der Waals surface area contributed by atoms with E-state index in [0.717, 1.165) is 35.1 Å². The summed E-state index contributed by atoms with van der Waals surface area (Å²) in [4.78, 5) is 22.5. The molecule has 158 valence electrons. The molecule has 0 spiro atoms. The standard InChI is InChI=1S/C24H22FN3O3/c1-2-31-24(29)23-22-21(18(14-26-23)16-5-3-4-6-19(16)25)17-8-7-15(13-20(17)27-22)28-9-11-30-12-10-28/h3-8,13-14,27H,2,9-12H2,1H3. The van der Waals surface area contributed by atoms with E-state index < -0.39 is 5.97 Å². The smallest absolute Gasteiger partial charge is 0.359 e. The molecule has 0 aliphatic carbocycles. The number of pyridine rings is 1. The molecule has 2 aromatic heterocycles. The van der Waals surface area contributed by atoms with Gasteiger partial charge in [0.25, 0.3) is 0 Å².